The number of carbonyl (C=O) groups is 1. The molecular formula is C14H19NO3. The zero-order chi connectivity index (χ0) is 13.0. The standard InChI is InChI=1S/C14H19NO3/c1-18-12-7-5-6-11(10-12)13(14(16)17)15-8-3-2-4-9-15/h5-7,10,13H,2-4,8-9H2,1H3,(H,16,17)/t13-/m1/s1. The highest BCUT2D eigenvalue weighted by Gasteiger charge is 2.28. The second-order valence-electron chi connectivity index (χ2n) is 4.61. The van der Waals surface area contributed by atoms with Gasteiger partial charge in [0.2, 0.25) is 0 Å². The Labute approximate surface area is 107 Å². The van der Waals surface area contributed by atoms with Crippen LogP contribution in [0.1, 0.15) is 30.9 Å². The van der Waals surface area contributed by atoms with Crippen LogP contribution >= 0.6 is 0 Å². The van der Waals surface area contributed by atoms with Crippen LogP contribution in [0.5, 0.6) is 5.75 Å². The number of hydrogen-bond donors (Lipinski definition) is 1. The van der Waals surface area contributed by atoms with E-state index in [4.69, 9.17) is 4.74 Å². The first-order valence-electron chi connectivity index (χ1n) is 6.33. The molecule has 0 spiro atoms. The Morgan fingerprint density at radius 1 is 1.33 bits per heavy atom. The summed E-state index contributed by atoms with van der Waals surface area (Å²) in [6, 6.07) is 6.79. The van der Waals surface area contributed by atoms with Crippen LogP contribution in [-0.2, 0) is 4.79 Å². The highest BCUT2D eigenvalue weighted by Crippen LogP contribution is 2.27. The fourth-order valence-corrected chi connectivity index (χ4v) is 2.50. The van der Waals surface area contributed by atoms with Gasteiger partial charge in [-0.1, -0.05) is 18.6 Å². The van der Waals surface area contributed by atoms with Gasteiger partial charge in [-0.3, -0.25) is 9.69 Å². The van der Waals surface area contributed by atoms with Crippen molar-refractivity contribution in [3.05, 3.63) is 29.8 Å². The van der Waals surface area contributed by atoms with Crippen molar-refractivity contribution in [1.82, 2.24) is 4.90 Å². The van der Waals surface area contributed by atoms with Crippen molar-refractivity contribution in [2.45, 2.75) is 25.3 Å². The Kier molecular flexibility index (Phi) is 4.20. The molecule has 18 heavy (non-hydrogen) atoms. The number of likely N-dealkylation sites (tertiary alicyclic amines) is 1. The lowest BCUT2D eigenvalue weighted by molar-refractivity contribution is -0.144. The van der Waals surface area contributed by atoms with E-state index in [0.717, 1.165) is 31.5 Å². The number of methoxy groups -OCH3 is 1. The van der Waals surface area contributed by atoms with Gasteiger partial charge in [-0.05, 0) is 43.6 Å². The van der Waals surface area contributed by atoms with E-state index in [1.807, 2.05) is 29.2 Å². The lowest BCUT2D eigenvalue weighted by Crippen LogP contribution is -2.37. The molecule has 4 heteroatoms. The third-order valence-corrected chi connectivity index (χ3v) is 3.40. The van der Waals surface area contributed by atoms with Gasteiger partial charge in [0.15, 0.2) is 0 Å². The smallest absolute Gasteiger partial charge is 0.325 e. The lowest BCUT2D eigenvalue weighted by Gasteiger charge is -2.32. The summed E-state index contributed by atoms with van der Waals surface area (Å²) in [5.41, 5.74) is 0.795. The Morgan fingerprint density at radius 3 is 2.67 bits per heavy atom. The molecule has 1 aromatic carbocycles. The molecule has 1 atom stereocenters. The van der Waals surface area contributed by atoms with Crippen LogP contribution < -0.4 is 4.74 Å². The molecule has 4 nitrogen and oxygen atoms in total. The summed E-state index contributed by atoms with van der Waals surface area (Å²) in [7, 11) is 1.59. The zero-order valence-corrected chi connectivity index (χ0v) is 10.6. The van der Waals surface area contributed by atoms with Gasteiger partial charge in [-0.2, -0.15) is 0 Å². The normalized spacial score (nSPS) is 18.3. The number of ether oxygens (including phenoxy) is 1. The number of hydrogen-bond acceptors (Lipinski definition) is 3. The Morgan fingerprint density at radius 2 is 2.06 bits per heavy atom. The van der Waals surface area contributed by atoms with E-state index in [2.05, 4.69) is 0 Å². The van der Waals surface area contributed by atoms with E-state index >= 15 is 0 Å². The molecule has 1 aliphatic heterocycles. The third kappa shape index (κ3) is 2.82. The van der Waals surface area contributed by atoms with Crippen molar-refractivity contribution in [2.24, 2.45) is 0 Å². The molecule has 0 amide bonds. The number of carboxylic acids is 1. The molecular weight excluding hydrogens is 230 g/mol. The minimum atomic E-state index is -0.787. The minimum Gasteiger partial charge on any atom is -0.497 e. The van der Waals surface area contributed by atoms with Crippen LogP contribution in [0.15, 0.2) is 24.3 Å². The van der Waals surface area contributed by atoms with E-state index in [0.29, 0.717) is 5.75 Å². The Hall–Kier alpha value is -1.55. The van der Waals surface area contributed by atoms with Crippen LogP contribution in [0, 0.1) is 0 Å². The van der Waals surface area contributed by atoms with Gasteiger partial charge in [0.1, 0.15) is 11.8 Å². The first-order chi connectivity index (χ1) is 8.72. The molecule has 0 unspecified atom stereocenters. The molecule has 1 heterocycles. The van der Waals surface area contributed by atoms with Crippen molar-refractivity contribution in [1.29, 1.82) is 0 Å². The highest BCUT2D eigenvalue weighted by molar-refractivity contribution is 5.75. The molecule has 0 aromatic heterocycles. The van der Waals surface area contributed by atoms with Gasteiger partial charge >= 0.3 is 5.97 Å². The number of piperidine rings is 1. The summed E-state index contributed by atoms with van der Waals surface area (Å²) in [5, 5.41) is 9.46. The minimum absolute atomic E-state index is 0.555. The van der Waals surface area contributed by atoms with E-state index in [1.165, 1.54) is 6.42 Å². The van der Waals surface area contributed by atoms with Crippen LogP contribution in [0.2, 0.25) is 0 Å². The third-order valence-electron chi connectivity index (χ3n) is 3.40. The van der Waals surface area contributed by atoms with Crippen molar-refractivity contribution in [3.8, 4) is 5.75 Å². The van der Waals surface area contributed by atoms with Crippen molar-refractivity contribution < 1.29 is 14.6 Å². The summed E-state index contributed by atoms with van der Waals surface area (Å²) in [5.74, 6) is -0.0825. The topological polar surface area (TPSA) is 49.8 Å². The molecule has 1 N–H and O–H groups in total. The highest BCUT2D eigenvalue weighted by atomic mass is 16.5. The molecule has 1 fully saturated rings. The predicted molar refractivity (Wildman–Crippen MR) is 68.8 cm³/mol. The lowest BCUT2D eigenvalue weighted by atomic mass is 10.0. The summed E-state index contributed by atoms with van der Waals surface area (Å²) < 4.78 is 5.16. The monoisotopic (exact) mass is 249 g/mol. The quantitative estimate of drug-likeness (QED) is 0.889. The van der Waals surface area contributed by atoms with Gasteiger partial charge in [0.05, 0.1) is 7.11 Å². The number of nitrogens with zero attached hydrogens (tertiary/aromatic N) is 1. The van der Waals surface area contributed by atoms with Crippen molar-refractivity contribution >= 4 is 5.97 Å². The fraction of sp³-hybridized carbons (Fsp3) is 0.500. The Bertz CT molecular complexity index is 413. The number of aliphatic carboxylic acids is 1. The van der Waals surface area contributed by atoms with Gasteiger partial charge < -0.3 is 9.84 Å². The van der Waals surface area contributed by atoms with E-state index in [1.54, 1.807) is 7.11 Å². The summed E-state index contributed by atoms with van der Waals surface area (Å²) >= 11 is 0. The molecule has 0 aliphatic carbocycles. The van der Waals surface area contributed by atoms with Crippen LogP contribution in [0.25, 0.3) is 0 Å². The van der Waals surface area contributed by atoms with Crippen molar-refractivity contribution in [2.75, 3.05) is 20.2 Å². The predicted octanol–water partition coefficient (Wildman–Crippen LogP) is 2.31. The summed E-state index contributed by atoms with van der Waals surface area (Å²) in [6.07, 6.45) is 3.35. The van der Waals surface area contributed by atoms with Gasteiger partial charge in [0.25, 0.3) is 0 Å². The van der Waals surface area contributed by atoms with Gasteiger partial charge in [-0.25, -0.2) is 0 Å². The maximum Gasteiger partial charge on any atom is 0.325 e. The number of rotatable bonds is 4. The molecule has 0 bridgehead atoms. The molecule has 98 valence electrons. The zero-order valence-electron chi connectivity index (χ0n) is 10.6. The van der Waals surface area contributed by atoms with Crippen LogP contribution in [0.3, 0.4) is 0 Å². The van der Waals surface area contributed by atoms with Gasteiger partial charge in [-0.15, -0.1) is 0 Å². The van der Waals surface area contributed by atoms with Crippen molar-refractivity contribution in [3.63, 3.8) is 0 Å². The Balaban J connectivity index is 2.25. The number of benzene rings is 1. The average molecular weight is 249 g/mol. The average Bonchev–Trinajstić information content (AvgIpc) is 2.40. The number of carboxylic acid groups (broad SMARTS) is 1. The first-order valence-corrected chi connectivity index (χ1v) is 6.33. The largest absolute Gasteiger partial charge is 0.497 e. The SMILES string of the molecule is COc1cccc([C@H](C(=O)O)N2CCCCC2)c1. The van der Waals surface area contributed by atoms with Crippen LogP contribution in [0.4, 0.5) is 0 Å². The van der Waals surface area contributed by atoms with E-state index in [-0.39, 0.29) is 0 Å². The maximum atomic E-state index is 11.5. The fourth-order valence-electron chi connectivity index (χ4n) is 2.50. The van der Waals surface area contributed by atoms with Gasteiger partial charge in [0, 0.05) is 0 Å². The van der Waals surface area contributed by atoms with E-state index in [9.17, 15) is 9.90 Å². The molecule has 1 saturated heterocycles. The first kappa shape index (κ1) is 12.9. The molecule has 1 aromatic rings. The molecule has 1 aliphatic rings. The molecule has 2 rings (SSSR count). The maximum absolute atomic E-state index is 11.5. The molecule has 0 radical (unpaired) electrons. The second kappa shape index (κ2) is 5.87. The molecule has 0 saturated carbocycles. The van der Waals surface area contributed by atoms with E-state index < -0.39 is 12.0 Å². The van der Waals surface area contributed by atoms with Crippen LogP contribution in [-0.4, -0.2) is 36.2 Å². The summed E-state index contributed by atoms with van der Waals surface area (Å²) in [4.78, 5) is 13.6. The second-order valence-corrected chi connectivity index (χ2v) is 4.61. The summed E-state index contributed by atoms with van der Waals surface area (Å²) in [6.45, 7) is 1.71.